The first-order chi connectivity index (χ1) is 49.3. The van der Waals surface area contributed by atoms with Gasteiger partial charge in [-0.05, 0) is 24.6 Å². The number of benzene rings is 1. The number of unbranched alkanes of at least 4 members (excludes halogenated alkanes) is 14. The standard InChI is InChI=1S/C66H108N6O31/c1-4-5-6-7-8-9-10-11-12-13-14-15-16-17-18-23-45(83)69-36(38(80)24-25-72-37-22-20-19-21-35(37)70-71-72)32-94-62-54(90)52(88)56(43(30-76)97-62)99-64-55(91)60(103-66(65(92)93)26-39(81)46(67-33(2)78)59(102-66)48(84)40(82)27-73)57(44(31-77)98-64)100-61-47(68-34(3)79)58(50(86)42(29-75)95-61)101-63-53(89)51(87)49(85)41(28-74)96-63/h19-22,24-25,36,38-44,46-64,73-77,80-82,84-91H,4-18,23,26-32H2,1-3H3,(H,67,78)(H,68,79)(H,69,83)(H,92,93)/b25-24+/t36-,38+,39-,40+,41+,42+,43+,44+,46?,47+,48+,49-,50-,51-,52+,53+,54+,55+,56+,57-,58+,59?,60+,61-,62+,63-,64-,66-/m0/s1. The van der Waals surface area contributed by atoms with E-state index in [2.05, 4.69) is 33.2 Å². The van der Waals surface area contributed by atoms with Crippen LogP contribution in [-0.4, -0.2) is 336 Å². The number of carboxylic acids is 1. The van der Waals surface area contributed by atoms with Crippen LogP contribution in [0.25, 0.3) is 17.2 Å². The van der Waals surface area contributed by atoms with E-state index in [-0.39, 0.29) is 6.42 Å². The van der Waals surface area contributed by atoms with Crippen molar-refractivity contribution in [1.29, 1.82) is 0 Å². The fraction of sp³-hybridized carbons (Fsp3) is 0.818. The molecule has 103 heavy (non-hydrogen) atoms. The Hall–Kier alpha value is -4.80. The third-order valence-electron chi connectivity index (χ3n) is 19.1. The van der Waals surface area contributed by atoms with Crippen LogP contribution in [0.4, 0.5) is 0 Å². The molecule has 5 aliphatic heterocycles. The summed E-state index contributed by atoms with van der Waals surface area (Å²) in [6.07, 6.45) is -31.7. The lowest BCUT2D eigenvalue weighted by Gasteiger charge is -2.52. The topological polar surface area (TPSA) is 571 Å². The lowest BCUT2D eigenvalue weighted by atomic mass is 9.88. The van der Waals surface area contributed by atoms with Crippen molar-refractivity contribution in [2.75, 3.05) is 39.6 Å². The number of aliphatic carboxylic acids is 1. The van der Waals surface area contributed by atoms with Crippen molar-refractivity contribution < 1.29 is 153 Å². The number of nitrogens with one attached hydrogen (secondary N) is 3. The molecule has 3 amide bonds. The van der Waals surface area contributed by atoms with Gasteiger partial charge in [-0.2, -0.15) is 0 Å². The van der Waals surface area contributed by atoms with Gasteiger partial charge in [0.25, 0.3) is 5.79 Å². The Labute approximate surface area is 594 Å². The number of carboxylic acid groups (broad SMARTS) is 1. The molecular formula is C66H108N6O31. The molecule has 1 aromatic heterocycles. The van der Waals surface area contributed by atoms with Crippen LogP contribution >= 0.6 is 0 Å². The maximum Gasteiger partial charge on any atom is 0.364 e. The molecule has 0 radical (unpaired) electrons. The van der Waals surface area contributed by atoms with Crippen LogP contribution in [0, 0.1) is 0 Å². The summed E-state index contributed by atoms with van der Waals surface area (Å²) in [6.45, 7) is -2.09. The molecule has 2 unspecified atom stereocenters. The van der Waals surface area contributed by atoms with Gasteiger partial charge in [-0.3, -0.25) is 14.4 Å². The first-order valence-corrected chi connectivity index (χ1v) is 35.4. The summed E-state index contributed by atoms with van der Waals surface area (Å²) >= 11 is 0. The Bertz CT molecular complexity index is 2910. The summed E-state index contributed by atoms with van der Waals surface area (Å²) < 4.78 is 61.2. The Morgan fingerprint density at radius 3 is 1.71 bits per heavy atom. The lowest BCUT2D eigenvalue weighted by Crippen LogP contribution is -2.72. The smallest absolute Gasteiger partial charge is 0.364 e. The molecule has 5 aliphatic rings. The molecule has 6 heterocycles. The predicted molar refractivity (Wildman–Crippen MR) is 351 cm³/mol. The molecule has 0 saturated carbocycles. The van der Waals surface area contributed by atoms with Gasteiger partial charge >= 0.3 is 5.97 Å². The lowest BCUT2D eigenvalue weighted by molar-refractivity contribution is -0.403. The van der Waals surface area contributed by atoms with Crippen LogP contribution in [0.5, 0.6) is 0 Å². The summed E-state index contributed by atoms with van der Waals surface area (Å²) in [5.41, 5.74) is 1.13. The average Bonchev–Trinajstić information content (AvgIpc) is 1.17. The zero-order valence-electron chi connectivity index (χ0n) is 58.0. The summed E-state index contributed by atoms with van der Waals surface area (Å²) in [4.78, 5) is 52.9. The van der Waals surface area contributed by atoms with Crippen molar-refractivity contribution in [1.82, 2.24) is 30.9 Å². The summed E-state index contributed by atoms with van der Waals surface area (Å²) in [5.74, 6) is -7.83. The van der Waals surface area contributed by atoms with E-state index in [1.54, 1.807) is 24.3 Å². The number of hydrogen-bond acceptors (Lipinski definition) is 32. The van der Waals surface area contributed by atoms with Crippen LogP contribution in [-0.2, 0) is 66.5 Å². The summed E-state index contributed by atoms with van der Waals surface area (Å²) in [7, 11) is 0. The third-order valence-corrected chi connectivity index (χ3v) is 19.1. The highest BCUT2D eigenvalue weighted by atomic mass is 16.8. The Morgan fingerprint density at radius 2 is 1.12 bits per heavy atom. The molecule has 7 rings (SSSR count). The number of carbonyl (C=O) groups excluding carboxylic acids is 3. The number of ether oxygens (including phenoxy) is 10. The second kappa shape index (κ2) is 41.5. The van der Waals surface area contributed by atoms with Crippen molar-refractivity contribution in [3.8, 4) is 0 Å². The normalized spacial score (nSPS) is 35.5. The fourth-order valence-corrected chi connectivity index (χ4v) is 13.3. The number of rotatable bonds is 41. The average molecular weight is 1480 g/mol. The van der Waals surface area contributed by atoms with Crippen LogP contribution in [0.2, 0.25) is 0 Å². The molecule has 37 heteroatoms. The number of amides is 3. The van der Waals surface area contributed by atoms with Gasteiger partial charge < -0.3 is 150 Å². The first-order valence-electron chi connectivity index (χ1n) is 35.4. The van der Waals surface area contributed by atoms with Gasteiger partial charge in [-0.1, -0.05) is 114 Å². The minimum absolute atomic E-state index is 0.0741. The minimum Gasteiger partial charge on any atom is -0.477 e. The predicted octanol–water partition coefficient (Wildman–Crippen LogP) is -5.38. The quantitative estimate of drug-likeness (QED) is 0.0276. The number of aromatic nitrogens is 3. The highest BCUT2D eigenvalue weighted by molar-refractivity contribution is 5.78. The highest BCUT2D eigenvalue weighted by Crippen LogP contribution is 2.41. The van der Waals surface area contributed by atoms with Crippen molar-refractivity contribution in [2.24, 2.45) is 0 Å². The number of hydrogen-bond donors (Lipinski definition) is 20. The first kappa shape index (κ1) is 85.4. The molecule has 1 aromatic carbocycles. The van der Waals surface area contributed by atoms with E-state index in [1.807, 2.05) is 0 Å². The van der Waals surface area contributed by atoms with E-state index in [1.165, 1.54) is 74.7 Å². The van der Waals surface area contributed by atoms with E-state index >= 15 is 0 Å². The summed E-state index contributed by atoms with van der Waals surface area (Å²) in [5, 5.41) is 205. The second-order valence-electron chi connectivity index (χ2n) is 26.9. The molecule has 0 aliphatic carbocycles. The number of aliphatic hydroxyl groups is 16. The molecule has 0 spiro atoms. The monoisotopic (exact) mass is 1480 g/mol. The fourth-order valence-electron chi connectivity index (χ4n) is 13.3. The minimum atomic E-state index is -3.40. The molecule has 2 aromatic rings. The van der Waals surface area contributed by atoms with Gasteiger partial charge in [-0.25, -0.2) is 9.48 Å². The Kier molecular flexibility index (Phi) is 34.4. The van der Waals surface area contributed by atoms with E-state index in [9.17, 15) is 106 Å². The largest absolute Gasteiger partial charge is 0.477 e. The van der Waals surface area contributed by atoms with Crippen molar-refractivity contribution >= 4 is 40.9 Å². The summed E-state index contributed by atoms with van der Waals surface area (Å²) in [6, 6.07) is 2.01. The molecular weight excluding hydrogens is 1370 g/mol. The van der Waals surface area contributed by atoms with Crippen molar-refractivity contribution in [3.63, 3.8) is 0 Å². The maximum absolute atomic E-state index is 13.8. The Balaban J connectivity index is 1.13. The molecule has 0 bridgehead atoms. The van der Waals surface area contributed by atoms with Gasteiger partial charge in [0.15, 0.2) is 25.2 Å². The molecule has 37 nitrogen and oxygen atoms in total. The number of nitrogens with zero attached hydrogens (tertiary/aromatic N) is 3. The number of aliphatic hydroxyl groups excluding tert-OH is 16. The van der Waals surface area contributed by atoms with Gasteiger partial charge in [0.2, 0.25) is 17.7 Å². The second-order valence-corrected chi connectivity index (χ2v) is 26.9. The highest BCUT2D eigenvalue weighted by Gasteiger charge is 2.62. The molecule has 28 atom stereocenters. The molecule has 5 saturated heterocycles. The number of fused-ring (bicyclic) bond motifs is 1. The van der Waals surface area contributed by atoms with Crippen LogP contribution < -0.4 is 16.0 Å². The van der Waals surface area contributed by atoms with Gasteiger partial charge in [0.1, 0.15) is 121 Å². The SMILES string of the molecule is CCCCCCCCCCCCCCCCCC(=O)N[C@@H](CO[C@@H]1O[C@H](CO)[C@@H](O[C@@H]2O[C@H](CO)[C@H](O[C@@H]3O[C@H](CO)[C@H](O)[C@H](O[C@@H]4O[C@H](CO)[C@H](O)[C@H](O)[C@H]4O)[C@H]3NC(C)=O)[C@H](O[C@]3(C(=O)O)C[C@H](O)C(NC(C)=O)C([C@H](O)[C@H](O)CO)O3)[C@H]2O)[C@H](O)[C@H]1O)[C@H](O)/C=C/n1nnc2ccccc21. The molecule has 20 N–H and O–H groups in total. The van der Waals surface area contributed by atoms with E-state index in [4.69, 9.17) is 47.4 Å². The van der Waals surface area contributed by atoms with Crippen LogP contribution in [0.3, 0.4) is 0 Å². The maximum atomic E-state index is 13.8. The zero-order chi connectivity index (χ0) is 75.2. The van der Waals surface area contributed by atoms with Gasteiger partial charge in [0.05, 0.1) is 69.4 Å². The van der Waals surface area contributed by atoms with Crippen molar-refractivity contribution in [3.05, 3.63) is 30.3 Å². The van der Waals surface area contributed by atoms with E-state index < -0.39 is 241 Å². The van der Waals surface area contributed by atoms with Gasteiger partial charge in [0, 0.05) is 32.9 Å². The molecule has 5 fully saturated rings. The van der Waals surface area contributed by atoms with E-state index in [0.29, 0.717) is 17.5 Å². The van der Waals surface area contributed by atoms with Crippen LogP contribution in [0.15, 0.2) is 30.3 Å². The number of carbonyl (C=O) groups is 4. The van der Waals surface area contributed by atoms with Crippen LogP contribution in [0.1, 0.15) is 130 Å². The van der Waals surface area contributed by atoms with Crippen molar-refractivity contribution in [2.45, 2.75) is 301 Å². The van der Waals surface area contributed by atoms with Gasteiger partial charge in [-0.15, -0.1) is 5.10 Å². The Morgan fingerprint density at radius 1 is 0.602 bits per heavy atom. The van der Waals surface area contributed by atoms with E-state index in [0.717, 1.165) is 46.0 Å². The molecule has 588 valence electrons. The third kappa shape index (κ3) is 22.7. The number of para-hydroxylation sites is 1. The zero-order valence-corrected chi connectivity index (χ0v) is 58.0.